The van der Waals surface area contributed by atoms with Crippen molar-refractivity contribution in [2.45, 2.75) is 4.90 Å². The number of nitrogens with zero attached hydrogens (tertiary/aromatic N) is 2. The fraction of sp³-hybridized carbons (Fsp3) is 0.444. The molecule has 0 amide bonds. The molecule has 0 fully saturated rings. The lowest BCUT2D eigenvalue weighted by Gasteiger charge is -2.08. The van der Waals surface area contributed by atoms with Gasteiger partial charge in [0.25, 0.3) is 0 Å². The van der Waals surface area contributed by atoms with Crippen LogP contribution in [0.3, 0.4) is 0 Å². The lowest BCUT2D eigenvalue weighted by atomic mass is 10.5. The standard InChI is InChI=1S/C9H15N3S/c1-12(2)5-6-13-8-3-4-11-9(10)7-8/h3-4,7H,5-6H2,1-2H3,(H2,10,11). The number of rotatable bonds is 4. The van der Waals surface area contributed by atoms with Crippen molar-refractivity contribution < 1.29 is 0 Å². The molecule has 0 saturated heterocycles. The van der Waals surface area contributed by atoms with E-state index < -0.39 is 0 Å². The minimum absolute atomic E-state index is 0.592. The van der Waals surface area contributed by atoms with E-state index in [1.807, 2.05) is 12.1 Å². The maximum absolute atomic E-state index is 5.56. The molecule has 2 N–H and O–H groups in total. The number of thioether (sulfide) groups is 1. The zero-order chi connectivity index (χ0) is 9.68. The van der Waals surface area contributed by atoms with E-state index in [4.69, 9.17) is 5.73 Å². The van der Waals surface area contributed by atoms with Crippen LogP contribution in [-0.4, -0.2) is 36.3 Å². The van der Waals surface area contributed by atoms with Crippen molar-refractivity contribution in [3.05, 3.63) is 18.3 Å². The molecule has 1 rings (SSSR count). The number of hydrogen-bond acceptors (Lipinski definition) is 4. The van der Waals surface area contributed by atoms with Gasteiger partial charge in [0, 0.05) is 23.4 Å². The molecule has 1 aromatic heterocycles. The Kier molecular flexibility index (Phi) is 4.05. The summed E-state index contributed by atoms with van der Waals surface area (Å²) in [5.41, 5.74) is 5.56. The number of aromatic nitrogens is 1. The second kappa shape index (κ2) is 5.09. The van der Waals surface area contributed by atoms with Crippen molar-refractivity contribution in [1.29, 1.82) is 0 Å². The molecule has 3 nitrogen and oxygen atoms in total. The average molecular weight is 197 g/mol. The molecule has 0 atom stereocenters. The van der Waals surface area contributed by atoms with Crippen LogP contribution in [0.25, 0.3) is 0 Å². The molecule has 72 valence electrons. The first kappa shape index (κ1) is 10.3. The summed E-state index contributed by atoms with van der Waals surface area (Å²) in [4.78, 5) is 7.29. The summed E-state index contributed by atoms with van der Waals surface area (Å²) in [7, 11) is 4.14. The molecule has 0 saturated carbocycles. The first-order valence-electron chi connectivity index (χ1n) is 4.17. The predicted octanol–water partition coefficient (Wildman–Crippen LogP) is 1.32. The third kappa shape index (κ3) is 4.15. The fourth-order valence-corrected chi connectivity index (χ4v) is 1.92. The summed E-state index contributed by atoms with van der Waals surface area (Å²) in [5.74, 6) is 1.67. The lowest BCUT2D eigenvalue weighted by Crippen LogP contribution is -2.14. The molecular weight excluding hydrogens is 182 g/mol. The molecule has 13 heavy (non-hydrogen) atoms. The minimum atomic E-state index is 0.592. The average Bonchev–Trinajstić information content (AvgIpc) is 2.03. The largest absolute Gasteiger partial charge is 0.384 e. The van der Waals surface area contributed by atoms with Crippen molar-refractivity contribution >= 4 is 17.6 Å². The predicted molar refractivity (Wildman–Crippen MR) is 57.9 cm³/mol. The normalized spacial score (nSPS) is 10.7. The van der Waals surface area contributed by atoms with Gasteiger partial charge >= 0.3 is 0 Å². The highest BCUT2D eigenvalue weighted by Crippen LogP contribution is 2.18. The van der Waals surface area contributed by atoms with Crippen LogP contribution in [0.15, 0.2) is 23.2 Å². The Morgan fingerprint density at radius 1 is 1.54 bits per heavy atom. The summed E-state index contributed by atoms with van der Waals surface area (Å²) in [6.07, 6.45) is 1.74. The summed E-state index contributed by atoms with van der Waals surface area (Å²) in [5, 5.41) is 0. The highest BCUT2D eigenvalue weighted by molar-refractivity contribution is 7.99. The maximum atomic E-state index is 5.56. The monoisotopic (exact) mass is 197 g/mol. The van der Waals surface area contributed by atoms with Crippen LogP contribution >= 0.6 is 11.8 Å². The molecule has 0 aliphatic heterocycles. The van der Waals surface area contributed by atoms with Gasteiger partial charge in [-0.25, -0.2) is 4.98 Å². The number of hydrogen-bond donors (Lipinski definition) is 1. The third-order valence-corrected chi connectivity index (χ3v) is 2.53. The minimum Gasteiger partial charge on any atom is -0.384 e. The Bertz CT molecular complexity index is 263. The molecule has 1 aromatic rings. The van der Waals surface area contributed by atoms with E-state index in [0.29, 0.717) is 5.82 Å². The van der Waals surface area contributed by atoms with Crippen molar-refractivity contribution in [2.75, 3.05) is 32.1 Å². The molecule has 0 spiro atoms. The van der Waals surface area contributed by atoms with Gasteiger partial charge in [-0.1, -0.05) is 0 Å². The number of nitrogen functional groups attached to an aromatic ring is 1. The highest BCUT2D eigenvalue weighted by atomic mass is 32.2. The van der Waals surface area contributed by atoms with E-state index in [1.54, 1.807) is 18.0 Å². The Hall–Kier alpha value is -0.740. The Morgan fingerprint density at radius 3 is 2.92 bits per heavy atom. The summed E-state index contributed by atoms with van der Waals surface area (Å²) in [6.45, 7) is 1.08. The van der Waals surface area contributed by atoms with Gasteiger partial charge in [-0.3, -0.25) is 0 Å². The van der Waals surface area contributed by atoms with Gasteiger partial charge in [0.2, 0.25) is 0 Å². The molecule has 1 heterocycles. The number of nitrogens with two attached hydrogens (primary N) is 1. The van der Waals surface area contributed by atoms with Gasteiger partial charge in [-0.2, -0.15) is 0 Å². The molecule has 0 aliphatic rings. The van der Waals surface area contributed by atoms with Crippen LogP contribution in [0.4, 0.5) is 5.82 Å². The van der Waals surface area contributed by atoms with Gasteiger partial charge in [0.05, 0.1) is 0 Å². The first-order chi connectivity index (χ1) is 6.18. The number of anilines is 1. The second-order valence-electron chi connectivity index (χ2n) is 3.07. The molecule has 0 bridgehead atoms. The van der Waals surface area contributed by atoms with Crippen LogP contribution in [0.1, 0.15) is 0 Å². The topological polar surface area (TPSA) is 42.2 Å². The van der Waals surface area contributed by atoms with Crippen LogP contribution in [-0.2, 0) is 0 Å². The van der Waals surface area contributed by atoms with E-state index in [2.05, 4.69) is 24.0 Å². The molecule has 0 aromatic carbocycles. The fourth-order valence-electron chi connectivity index (χ4n) is 0.864. The highest BCUT2D eigenvalue weighted by Gasteiger charge is 1.95. The number of pyridine rings is 1. The van der Waals surface area contributed by atoms with E-state index in [1.165, 1.54) is 4.90 Å². The molecule has 0 aliphatic carbocycles. The summed E-state index contributed by atoms with van der Waals surface area (Å²) >= 11 is 1.80. The van der Waals surface area contributed by atoms with Crippen molar-refractivity contribution in [1.82, 2.24) is 9.88 Å². The Morgan fingerprint density at radius 2 is 2.31 bits per heavy atom. The Balaban J connectivity index is 2.37. The van der Waals surface area contributed by atoms with Crippen LogP contribution in [0, 0.1) is 0 Å². The molecule has 0 unspecified atom stereocenters. The van der Waals surface area contributed by atoms with Gasteiger partial charge in [0.15, 0.2) is 0 Å². The second-order valence-corrected chi connectivity index (χ2v) is 4.24. The van der Waals surface area contributed by atoms with E-state index in [9.17, 15) is 0 Å². The van der Waals surface area contributed by atoms with Crippen molar-refractivity contribution in [3.8, 4) is 0 Å². The van der Waals surface area contributed by atoms with E-state index >= 15 is 0 Å². The van der Waals surface area contributed by atoms with E-state index in [0.717, 1.165) is 12.3 Å². The van der Waals surface area contributed by atoms with Gasteiger partial charge in [0.1, 0.15) is 5.82 Å². The van der Waals surface area contributed by atoms with E-state index in [-0.39, 0.29) is 0 Å². The van der Waals surface area contributed by atoms with Crippen LogP contribution < -0.4 is 5.73 Å². The van der Waals surface area contributed by atoms with Gasteiger partial charge in [-0.05, 0) is 26.2 Å². The summed E-state index contributed by atoms with van der Waals surface area (Å²) < 4.78 is 0. The quantitative estimate of drug-likeness (QED) is 0.739. The molecule has 4 heteroatoms. The molecule has 0 radical (unpaired) electrons. The van der Waals surface area contributed by atoms with Crippen LogP contribution in [0.5, 0.6) is 0 Å². The zero-order valence-electron chi connectivity index (χ0n) is 8.03. The van der Waals surface area contributed by atoms with Gasteiger partial charge < -0.3 is 10.6 Å². The van der Waals surface area contributed by atoms with Crippen molar-refractivity contribution in [2.24, 2.45) is 0 Å². The van der Waals surface area contributed by atoms with Crippen molar-refractivity contribution in [3.63, 3.8) is 0 Å². The van der Waals surface area contributed by atoms with Gasteiger partial charge in [-0.15, -0.1) is 11.8 Å². The smallest absolute Gasteiger partial charge is 0.124 e. The molecular formula is C9H15N3S. The lowest BCUT2D eigenvalue weighted by molar-refractivity contribution is 0.437. The first-order valence-corrected chi connectivity index (χ1v) is 5.16. The zero-order valence-corrected chi connectivity index (χ0v) is 8.84. The Labute approximate surface area is 83.3 Å². The third-order valence-electron chi connectivity index (χ3n) is 1.56. The summed E-state index contributed by atoms with van der Waals surface area (Å²) in [6, 6.07) is 3.89. The SMILES string of the molecule is CN(C)CCSc1ccnc(N)c1. The van der Waals surface area contributed by atoms with Crippen LogP contribution in [0.2, 0.25) is 0 Å². The maximum Gasteiger partial charge on any atom is 0.124 e.